The maximum absolute atomic E-state index is 12.4. The number of fused-ring (bicyclic) bond motifs is 2. The van der Waals surface area contributed by atoms with Gasteiger partial charge in [-0.15, -0.1) is 0 Å². The van der Waals surface area contributed by atoms with Crippen molar-refractivity contribution in [3.63, 3.8) is 0 Å². The van der Waals surface area contributed by atoms with E-state index in [9.17, 15) is 9.59 Å². The highest BCUT2D eigenvalue weighted by Crippen LogP contribution is 2.28. The van der Waals surface area contributed by atoms with E-state index in [1.807, 2.05) is 35.0 Å². The summed E-state index contributed by atoms with van der Waals surface area (Å²) in [5.41, 5.74) is 2.82. The van der Waals surface area contributed by atoms with Gasteiger partial charge in [-0.25, -0.2) is 4.79 Å². The fraction of sp³-hybridized carbons (Fsp3) is 0.421. The van der Waals surface area contributed by atoms with E-state index in [1.165, 1.54) is 0 Å². The fourth-order valence-electron chi connectivity index (χ4n) is 3.48. The smallest absolute Gasteiger partial charge is 0.319 e. The van der Waals surface area contributed by atoms with E-state index < -0.39 is 6.10 Å². The molecule has 0 radical (unpaired) electrons. The van der Waals surface area contributed by atoms with Gasteiger partial charge in [-0.05, 0) is 17.7 Å². The monoisotopic (exact) mass is 369 g/mol. The molecular weight excluding hydrogens is 346 g/mol. The molecule has 0 bridgehead atoms. The van der Waals surface area contributed by atoms with Gasteiger partial charge in [0.1, 0.15) is 5.75 Å². The molecule has 8 heteroatoms. The molecule has 4 rings (SSSR count). The van der Waals surface area contributed by atoms with Gasteiger partial charge in [0.15, 0.2) is 6.10 Å². The Kier molecular flexibility index (Phi) is 4.47. The average molecular weight is 369 g/mol. The molecule has 1 aromatic carbocycles. The van der Waals surface area contributed by atoms with E-state index in [2.05, 4.69) is 10.4 Å². The Labute approximate surface area is 157 Å². The van der Waals surface area contributed by atoms with Gasteiger partial charge in [0.25, 0.3) is 5.91 Å². The lowest BCUT2D eigenvalue weighted by Crippen LogP contribution is -2.43. The molecule has 1 N–H and O–H groups in total. The Morgan fingerprint density at radius 3 is 2.89 bits per heavy atom. The summed E-state index contributed by atoms with van der Waals surface area (Å²) in [4.78, 5) is 27.9. The average Bonchev–Trinajstić information content (AvgIpc) is 3.28. The number of carbonyl (C=O) groups is 2. The number of hydrogen-bond donors (Lipinski definition) is 1. The van der Waals surface area contributed by atoms with Gasteiger partial charge in [-0.3, -0.25) is 9.48 Å². The highest BCUT2D eigenvalue weighted by atomic mass is 16.5. The van der Waals surface area contributed by atoms with E-state index in [-0.39, 0.29) is 11.9 Å². The first-order valence-electron chi connectivity index (χ1n) is 9.05. The van der Waals surface area contributed by atoms with E-state index in [1.54, 1.807) is 23.9 Å². The van der Waals surface area contributed by atoms with E-state index >= 15 is 0 Å². The summed E-state index contributed by atoms with van der Waals surface area (Å²) in [5.74, 6) is 0.641. The van der Waals surface area contributed by atoms with Crippen molar-refractivity contribution in [3.8, 4) is 5.75 Å². The fourth-order valence-corrected chi connectivity index (χ4v) is 3.48. The normalized spacial score (nSPS) is 17.7. The van der Waals surface area contributed by atoms with Gasteiger partial charge in [0.2, 0.25) is 0 Å². The van der Waals surface area contributed by atoms with Crippen molar-refractivity contribution in [1.29, 1.82) is 0 Å². The summed E-state index contributed by atoms with van der Waals surface area (Å²) in [7, 11) is 3.50. The van der Waals surface area contributed by atoms with Crippen LogP contribution < -0.4 is 10.1 Å². The third-order valence-corrected chi connectivity index (χ3v) is 4.88. The third kappa shape index (κ3) is 3.47. The summed E-state index contributed by atoms with van der Waals surface area (Å²) < 4.78 is 7.62. The van der Waals surface area contributed by atoms with Crippen molar-refractivity contribution >= 4 is 11.9 Å². The van der Waals surface area contributed by atoms with Crippen LogP contribution in [0.15, 0.2) is 30.3 Å². The van der Waals surface area contributed by atoms with E-state index in [0.717, 1.165) is 22.7 Å². The number of benzene rings is 1. The molecule has 27 heavy (non-hydrogen) atoms. The molecule has 142 valence electrons. The molecule has 1 atom stereocenters. The number of nitrogens with one attached hydrogen (secondary N) is 1. The van der Waals surface area contributed by atoms with Crippen LogP contribution in [0.1, 0.15) is 17.0 Å². The molecule has 0 saturated carbocycles. The van der Waals surface area contributed by atoms with Crippen LogP contribution in [-0.4, -0.2) is 58.3 Å². The number of rotatable bonds is 3. The third-order valence-electron chi connectivity index (χ3n) is 4.88. The Balaban J connectivity index is 1.34. The summed E-state index contributed by atoms with van der Waals surface area (Å²) in [6, 6.07) is 9.65. The number of amides is 3. The molecule has 1 unspecified atom stereocenters. The minimum atomic E-state index is -0.493. The van der Waals surface area contributed by atoms with E-state index in [4.69, 9.17) is 4.74 Å². The largest absolute Gasteiger partial charge is 0.480 e. The molecule has 3 heterocycles. The number of urea groups is 1. The molecule has 3 amide bonds. The molecule has 8 nitrogen and oxygen atoms in total. The molecule has 2 aliphatic rings. The second-order valence-electron chi connectivity index (χ2n) is 7.08. The number of nitrogens with zero attached hydrogens (tertiary/aromatic N) is 4. The first-order chi connectivity index (χ1) is 13.0. The zero-order valence-electron chi connectivity index (χ0n) is 15.5. The maximum Gasteiger partial charge on any atom is 0.319 e. The minimum absolute atomic E-state index is 0.00440. The van der Waals surface area contributed by atoms with Crippen molar-refractivity contribution in [1.82, 2.24) is 24.9 Å². The summed E-state index contributed by atoms with van der Waals surface area (Å²) in [6.45, 7) is 2.16. The molecule has 2 aromatic rings. The van der Waals surface area contributed by atoms with Crippen molar-refractivity contribution in [2.45, 2.75) is 32.2 Å². The number of ether oxygens (including phenoxy) is 1. The van der Waals surface area contributed by atoms with Crippen LogP contribution in [-0.2, 0) is 30.8 Å². The Hall–Kier alpha value is -3.03. The SMILES string of the molecule is CN(C)C(=O)N1CCn2nc(CNC(=O)C3Cc4ccccc4O3)cc2C1. The molecule has 0 aliphatic carbocycles. The van der Waals surface area contributed by atoms with Gasteiger partial charge in [0.05, 0.1) is 31.0 Å². The number of para-hydroxylation sites is 1. The summed E-state index contributed by atoms with van der Waals surface area (Å²) in [6.07, 6.45) is 0.0939. The molecule has 0 fully saturated rings. The summed E-state index contributed by atoms with van der Waals surface area (Å²) in [5, 5.41) is 7.45. The van der Waals surface area contributed by atoms with Crippen molar-refractivity contribution in [2.24, 2.45) is 0 Å². The number of carbonyl (C=O) groups excluding carboxylic acids is 2. The highest BCUT2D eigenvalue weighted by molar-refractivity contribution is 5.82. The zero-order valence-corrected chi connectivity index (χ0v) is 15.5. The lowest BCUT2D eigenvalue weighted by molar-refractivity contribution is -0.127. The molecule has 0 spiro atoms. The first-order valence-corrected chi connectivity index (χ1v) is 9.05. The molecule has 0 saturated heterocycles. The van der Waals surface area contributed by atoms with Crippen LogP contribution >= 0.6 is 0 Å². The van der Waals surface area contributed by atoms with Gasteiger partial charge in [-0.1, -0.05) is 18.2 Å². The quantitative estimate of drug-likeness (QED) is 0.875. The van der Waals surface area contributed by atoms with Crippen LogP contribution in [0, 0.1) is 0 Å². The Morgan fingerprint density at radius 1 is 1.30 bits per heavy atom. The first kappa shape index (κ1) is 17.4. The lowest BCUT2D eigenvalue weighted by Gasteiger charge is -2.29. The Bertz CT molecular complexity index is 851. The topological polar surface area (TPSA) is 79.7 Å². The number of aromatic nitrogens is 2. The van der Waals surface area contributed by atoms with Gasteiger partial charge < -0.3 is 19.9 Å². The van der Waals surface area contributed by atoms with Crippen LogP contribution in [0.25, 0.3) is 0 Å². The molecule has 2 aliphatic heterocycles. The van der Waals surface area contributed by atoms with Gasteiger partial charge >= 0.3 is 6.03 Å². The Morgan fingerprint density at radius 2 is 2.11 bits per heavy atom. The van der Waals surface area contributed by atoms with Crippen LogP contribution in [0.3, 0.4) is 0 Å². The van der Waals surface area contributed by atoms with E-state index in [0.29, 0.717) is 32.6 Å². The van der Waals surface area contributed by atoms with Crippen LogP contribution in [0.5, 0.6) is 5.75 Å². The highest BCUT2D eigenvalue weighted by Gasteiger charge is 2.29. The minimum Gasteiger partial charge on any atom is -0.480 e. The van der Waals surface area contributed by atoms with Gasteiger partial charge in [-0.2, -0.15) is 5.10 Å². The second kappa shape index (κ2) is 6.94. The van der Waals surface area contributed by atoms with Crippen molar-refractivity contribution in [2.75, 3.05) is 20.6 Å². The van der Waals surface area contributed by atoms with Gasteiger partial charge in [0, 0.05) is 27.1 Å². The van der Waals surface area contributed by atoms with Crippen LogP contribution in [0.4, 0.5) is 4.79 Å². The predicted molar refractivity (Wildman–Crippen MR) is 98.1 cm³/mol. The lowest BCUT2D eigenvalue weighted by atomic mass is 10.1. The second-order valence-corrected chi connectivity index (χ2v) is 7.08. The van der Waals surface area contributed by atoms with Crippen LogP contribution in [0.2, 0.25) is 0 Å². The molecular formula is C19H23N5O3. The summed E-state index contributed by atoms with van der Waals surface area (Å²) >= 11 is 0. The maximum atomic E-state index is 12.4. The predicted octanol–water partition coefficient (Wildman–Crippen LogP) is 1.00. The van der Waals surface area contributed by atoms with Crippen molar-refractivity contribution < 1.29 is 14.3 Å². The molecule has 1 aromatic heterocycles. The zero-order chi connectivity index (χ0) is 19.0. The standard InChI is InChI=1S/C19H23N5O3/c1-22(2)19(26)23-7-8-24-15(12-23)10-14(21-24)11-20-18(25)17-9-13-5-3-4-6-16(13)27-17/h3-6,10,17H,7-9,11-12H2,1-2H3,(H,20,25). The van der Waals surface area contributed by atoms with Crippen molar-refractivity contribution in [3.05, 3.63) is 47.3 Å². The number of hydrogen-bond acceptors (Lipinski definition) is 4.